The second kappa shape index (κ2) is 7.34. The molecule has 1 atom stereocenters. The van der Waals surface area contributed by atoms with E-state index < -0.39 is 0 Å². The van der Waals surface area contributed by atoms with Crippen molar-refractivity contribution in [2.45, 2.75) is 46.5 Å². The molecule has 80 valence electrons. The maximum absolute atomic E-state index is 9.22. The first-order chi connectivity index (χ1) is 6.18. The summed E-state index contributed by atoms with van der Waals surface area (Å²) >= 11 is 0. The molecular formula is C11H24O2. The Morgan fingerprint density at radius 2 is 1.77 bits per heavy atom. The molecular weight excluding hydrogens is 164 g/mol. The van der Waals surface area contributed by atoms with Crippen LogP contribution in [0.1, 0.15) is 46.5 Å². The van der Waals surface area contributed by atoms with E-state index in [0.29, 0.717) is 0 Å². The van der Waals surface area contributed by atoms with Crippen molar-refractivity contribution < 1.29 is 9.84 Å². The highest BCUT2D eigenvalue weighted by atomic mass is 16.5. The van der Waals surface area contributed by atoms with E-state index in [4.69, 9.17) is 4.74 Å². The lowest BCUT2D eigenvalue weighted by molar-refractivity contribution is 0.0615. The quantitative estimate of drug-likeness (QED) is 0.593. The molecule has 1 N–H and O–H groups in total. The third-order valence-corrected chi connectivity index (χ3v) is 2.43. The Bertz CT molecular complexity index is 115. The van der Waals surface area contributed by atoms with Crippen molar-refractivity contribution in [3.05, 3.63) is 0 Å². The highest BCUT2D eigenvalue weighted by molar-refractivity contribution is 4.72. The van der Waals surface area contributed by atoms with Crippen LogP contribution in [0.5, 0.6) is 0 Å². The van der Waals surface area contributed by atoms with E-state index in [1.54, 1.807) is 0 Å². The molecule has 0 amide bonds. The summed E-state index contributed by atoms with van der Waals surface area (Å²) in [5, 5.41) is 9.22. The fraction of sp³-hybridized carbons (Fsp3) is 1.00. The number of aliphatic hydroxyl groups excluding tert-OH is 1. The monoisotopic (exact) mass is 188 g/mol. The molecule has 0 bridgehead atoms. The molecule has 0 aliphatic heterocycles. The number of hydrogen-bond donors (Lipinski definition) is 1. The zero-order valence-electron chi connectivity index (χ0n) is 9.31. The minimum atomic E-state index is 0.0719. The summed E-state index contributed by atoms with van der Waals surface area (Å²) in [5.74, 6) is 0. The highest BCUT2D eigenvalue weighted by Gasteiger charge is 2.21. The molecule has 2 nitrogen and oxygen atoms in total. The van der Waals surface area contributed by atoms with Gasteiger partial charge in [0, 0.05) is 19.8 Å². The minimum absolute atomic E-state index is 0.0719. The van der Waals surface area contributed by atoms with E-state index >= 15 is 0 Å². The van der Waals surface area contributed by atoms with Crippen LogP contribution in [0.2, 0.25) is 0 Å². The summed E-state index contributed by atoms with van der Waals surface area (Å²) in [6.07, 6.45) is 4.25. The average molecular weight is 188 g/mol. The molecule has 13 heavy (non-hydrogen) atoms. The highest BCUT2D eigenvalue weighted by Crippen LogP contribution is 2.26. The predicted molar refractivity (Wildman–Crippen MR) is 55.8 cm³/mol. The van der Waals surface area contributed by atoms with Gasteiger partial charge < -0.3 is 9.84 Å². The van der Waals surface area contributed by atoms with Crippen molar-refractivity contribution in [1.82, 2.24) is 0 Å². The van der Waals surface area contributed by atoms with Gasteiger partial charge in [0.05, 0.1) is 0 Å². The van der Waals surface area contributed by atoms with Gasteiger partial charge in [0.1, 0.15) is 0 Å². The summed E-state index contributed by atoms with van der Waals surface area (Å²) in [5.41, 5.74) is 0.0719. The van der Waals surface area contributed by atoms with Gasteiger partial charge in [0.2, 0.25) is 0 Å². The van der Waals surface area contributed by atoms with Crippen LogP contribution in [0, 0.1) is 5.41 Å². The van der Waals surface area contributed by atoms with Crippen molar-refractivity contribution in [3.63, 3.8) is 0 Å². The minimum Gasteiger partial charge on any atom is -0.396 e. The van der Waals surface area contributed by atoms with Crippen LogP contribution < -0.4 is 0 Å². The Morgan fingerprint density at radius 3 is 2.23 bits per heavy atom. The van der Waals surface area contributed by atoms with Crippen molar-refractivity contribution in [3.8, 4) is 0 Å². The zero-order valence-corrected chi connectivity index (χ0v) is 9.31. The van der Waals surface area contributed by atoms with E-state index in [1.165, 1.54) is 0 Å². The Balaban J connectivity index is 3.57. The molecule has 2 heteroatoms. The molecule has 0 aliphatic carbocycles. The molecule has 0 radical (unpaired) electrons. The second-order valence-electron chi connectivity index (χ2n) is 4.08. The normalized spacial score (nSPS) is 15.7. The van der Waals surface area contributed by atoms with Crippen LogP contribution in [0.15, 0.2) is 0 Å². The topological polar surface area (TPSA) is 29.5 Å². The first-order valence-electron chi connectivity index (χ1n) is 5.37. The van der Waals surface area contributed by atoms with E-state index in [9.17, 15) is 5.11 Å². The third kappa shape index (κ3) is 6.05. The van der Waals surface area contributed by atoms with Crippen LogP contribution in [0.4, 0.5) is 0 Å². The molecule has 0 spiro atoms. The maximum Gasteiger partial charge on any atom is 0.0485 e. The summed E-state index contributed by atoms with van der Waals surface area (Å²) < 4.78 is 5.42. The number of hydrogen-bond acceptors (Lipinski definition) is 2. The van der Waals surface area contributed by atoms with Gasteiger partial charge in [-0.3, -0.25) is 0 Å². The first kappa shape index (κ1) is 12.9. The van der Waals surface area contributed by atoms with Gasteiger partial charge in [-0.15, -0.1) is 0 Å². The Kier molecular flexibility index (Phi) is 7.29. The van der Waals surface area contributed by atoms with Gasteiger partial charge >= 0.3 is 0 Å². The third-order valence-electron chi connectivity index (χ3n) is 2.43. The van der Waals surface area contributed by atoms with Gasteiger partial charge in [0.15, 0.2) is 0 Å². The summed E-state index contributed by atoms with van der Waals surface area (Å²) in [6.45, 7) is 8.29. The molecule has 0 fully saturated rings. The lowest BCUT2D eigenvalue weighted by Gasteiger charge is -2.26. The van der Waals surface area contributed by atoms with Gasteiger partial charge in [0.25, 0.3) is 0 Å². The lowest BCUT2D eigenvalue weighted by atomic mass is 9.83. The number of aliphatic hydroxyl groups is 1. The average Bonchev–Trinajstić information content (AvgIpc) is 2.13. The fourth-order valence-electron chi connectivity index (χ4n) is 1.45. The van der Waals surface area contributed by atoms with Crippen molar-refractivity contribution in [1.29, 1.82) is 0 Å². The molecule has 0 saturated carbocycles. The Morgan fingerprint density at radius 1 is 1.08 bits per heavy atom. The van der Waals surface area contributed by atoms with Crippen LogP contribution in [-0.4, -0.2) is 24.9 Å². The lowest BCUT2D eigenvalue weighted by Crippen LogP contribution is -2.23. The van der Waals surface area contributed by atoms with E-state index in [0.717, 1.165) is 38.9 Å². The maximum atomic E-state index is 9.22. The van der Waals surface area contributed by atoms with Crippen LogP contribution >= 0.6 is 0 Å². The Hall–Kier alpha value is -0.0800. The summed E-state index contributed by atoms with van der Waals surface area (Å²) in [7, 11) is 0. The van der Waals surface area contributed by atoms with Gasteiger partial charge in [-0.1, -0.05) is 27.2 Å². The van der Waals surface area contributed by atoms with E-state index in [1.807, 2.05) is 0 Å². The molecule has 0 heterocycles. The molecule has 0 aliphatic rings. The molecule has 0 aromatic heterocycles. The van der Waals surface area contributed by atoms with Crippen molar-refractivity contribution in [2.24, 2.45) is 5.41 Å². The van der Waals surface area contributed by atoms with Crippen LogP contribution in [0.25, 0.3) is 0 Å². The van der Waals surface area contributed by atoms with Crippen LogP contribution in [0.3, 0.4) is 0 Å². The largest absolute Gasteiger partial charge is 0.396 e. The van der Waals surface area contributed by atoms with Gasteiger partial charge in [-0.25, -0.2) is 0 Å². The second-order valence-corrected chi connectivity index (χ2v) is 4.08. The first-order valence-corrected chi connectivity index (χ1v) is 5.37. The SMILES string of the molecule is CCCOCCC(C)(CO)CCC. The van der Waals surface area contributed by atoms with Crippen molar-refractivity contribution >= 4 is 0 Å². The van der Waals surface area contributed by atoms with E-state index in [-0.39, 0.29) is 12.0 Å². The van der Waals surface area contributed by atoms with Crippen molar-refractivity contribution in [2.75, 3.05) is 19.8 Å². The number of rotatable bonds is 8. The Labute approximate surface area is 82.3 Å². The van der Waals surface area contributed by atoms with Gasteiger partial charge in [-0.2, -0.15) is 0 Å². The zero-order chi connectivity index (χ0) is 10.2. The van der Waals surface area contributed by atoms with Gasteiger partial charge in [-0.05, 0) is 24.7 Å². The fourth-order valence-corrected chi connectivity index (χ4v) is 1.45. The summed E-state index contributed by atoms with van der Waals surface area (Å²) in [4.78, 5) is 0. The van der Waals surface area contributed by atoms with E-state index in [2.05, 4.69) is 20.8 Å². The molecule has 0 rings (SSSR count). The van der Waals surface area contributed by atoms with Crippen LogP contribution in [-0.2, 0) is 4.74 Å². The predicted octanol–water partition coefficient (Wildman–Crippen LogP) is 2.60. The summed E-state index contributed by atoms with van der Waals surface area (Å²) in [6, 6.07) is 0. The smallest absolute Gasteiger partial charge is 0.0485 e. The molecule has 1 unspecified atom stereocenters. The molecule has 0 aromatic carbocycles. The molecule has 0 aromatic rings. The number of ether oxygens (including phenoxy) is 1. The standard InChI is InChI=1S/C11H24O2/c1-4-6-11(3,10-12)7-9-13-8-5-2/h12H,4-10H2,1-3H3. The molecule has 0 saturated heterocycles.